The molecular weight excluding hydrogens is 144 g/mol. The van der Waals surface area contributed by atoms with Gasteiger partial charge in [-0.15, -0.1) is 0 Å². The molecule has 0 aromatic heterocycles. The molecule has 0 aliphatic heterocycles. The average Bonchev–Trinajstić information content (AvgIpc) is 2.10. The average molecular weight is 160 g/mol. The van der Waals surface area contributed by atoms with Gasteiger partial charge in [-0.05, 0) is 18.8 Å². The Morgan fingerprint density at radius 2 is 2.00 bits per heavy atom. The molecule has 0 aromatic rings. The van der Waals surface area contributed by atoms with Crippen LogP contribution in [-0.2, 0) is 0 Å². The summed E-state index contributed by atoms with van der Waals surface area (Å²) in [5.74, 6) is -1.45. The summed E-state index contributed by atoms with van der Waals surface area (Å²) in [4.78, 5) is 0. The summed E-state index contributed by atoms with van der Waals surface area (Å²) in [5.41, 5.74) is 0. The molecule has 0 saturated heterocycles. The second-order valence-electron chi connectivity index (χ2n) is 3.48. The predicted octanol–water partition coefficient (Wildman–Crippen LogP) is 0.240. The Labute approximate surface area is 66.7 Å². The molecule has 1 atom stereocenters. The Hall–Kier alpha value is -0.120. The van der Waals surface area contributed by atoms with E-state index < -0.39 is 5.79 Å². The van der Waals surface area contributed by atoms with Gasteiger partial charge in [0.15, 0.2) is 5.79 Å². The Bertz CT molecular complexity index is 123. The van der Waals surface area contributed by atoms with E-state index in [2.05, 4.69) is 0 Å². The third-order valence-electron chi connectivity index (χ3n) is 2.31. The van der Waals surface area contributed by atoms with Crippen LogP contribution >= 0.6 is 0 Å². The molecule has 1 fully saturated rings. The SMILES string of the molecule is OCC1CCCCC(O)(O)C1. The van der Waals surface area contributed by atoms with E-state index in [1.54, 1.807) is 0 Å². The van der Waals surface area contributed by atoms with E-state index in [-0.39, 0.29) is 12.5 Å². The Kier molecular flexibility index (Phi) is 2.87. The molecule has 1 rings (SSSR count). The Morgan fingerprint density at radius 3 is 2.64 bits per heavy atom. The van der Waals surface area contributed by atoms with Crippen molar-refractivity contribution >= 4 is 0 Å². The molecule has 1 aliphatic carbocycles. The van der Waals surface area contributed by atoms with Gasteiger partial charge in [-0.3, -0.25) is 0 Å². The van der Waals surface area contributed by atoms with Crippen LogP contribution in [0.4, 0.5) is 0 Å². The zero-order chi connectivity index (χ0) is 8.32. The number of aliphatic hydroxyl groups is 3. The first-order valence-corrected chi connectivity index (χ1v) is 4.20. The van der Waals surface area contributed by atoms with Crippen LogP contribution in [0.5, 0.6) is 0 Å². The standard InChI is InChI=1S/C8H16O3/c9-6-7-3-1-2-4-8(10,11)5-7/h7,9-11H,1-6H2. The van der Waals surface area contributed by atoms with Gasteiger partial charge in [0.25, 0.3) is 0 Å². The van der Waals surface area contributed by atoms with E-state index in [0.717, 1.165) is 19.3 Å². The summed E-state index contributed by atoms with van der Waals surface area (Å²) in [6.45, 7) is 0.0723. The van der Waals surface area contributed by atoms with E-state index in [1.165, 1.54) is 0 Å². The first-order chi connectivity index (χ1) is 5.14. The minimum atomic E-state index is -1.52. The topological polar surface area (TPSA) is 60.7 Å². The maximum atomic E-state index is 9.30. The van der Waals surface area contributed by atoms with Crippen LogP contribution in [-0.4, -0.2) is 27.7 Å². The van der Waals surface area contributed by atoms with Gasteiger partial charge < -0.3 is 15.3 Å². The second kappa shape index (κ2) is 3.52. The fourth-order valence-corrected chi connectivity index (χ4v) is 1.66. The van der Waals surface area contributed by atoms with Crippen LogP contribution in [0.3, 0.4) is 0 Å². The minimum Gasteiger partial charge on any atom is -0.396 e. The van der Waals surface area contributed by atoms with Crippen molar-refractivity contribution in [3.05, 3.63) is 0 Å². The fraction of sp³-hybridized carbons (Fsp3) is 1.00. The molecule has 3 nitrogen and oxygen atoms in total. The van der Waals surface area contributed by atoms with Crippen LogP contribution < -0.4 is 0 Å². The molecule has 1 aliphatic rings. The summed E-state index contributed by atoms with van der Waals surface area (Å²) in [7, 11) is 0. The summed E-state index contributed by atoms with van der Waals surface area (Å²) in [6.07, 6.45) is 3.53. The normalized spacial score (nSPS) is 31.4. The van der Waals surface area contributed by atoms with Gasteiger partial charge in [0, 0.05) is 19.4 Å². The highest BCUT2D eigenvalue weighted by atomic mass is 16.5. The van der Waals surface area contributed by atoms with E-state index in [4.69, 9.17) is 5.11 Å². The first-order valence-electron chi connectivity index (χ1n) is 4.20. The predicted molar refractivity (Wildman–Crippen MR) is 40.8 cm³/mol. The number of hydrogen-bond acceptors (Lipinski definition) is 3. The summed E-state index contributed by atoms with van der Waals surface area (Å²) in [5, 5.41) is 27.4. The van der Waals surface area contributed by atoms with E-state index in [0.29, 0.717) is 12.8 Å². The third kappa shape index (κ3) is 2.77. The van der Waals surface area contributed by atoms with E-state index in [9.17, 15) is 10.2 Å². The molecule has 3 N–H and O–H groups in total. The maximum absolute atomic E-state index is 9.30. The lowest BCUT2D eigenvalue weighted by Crippen LogP contribution is -2.30. The summed E-state index contributed by atoms with van der Waals surface area (Å²) < 4.78 is 0. The zero-order valence-corrected chi connectivity index (χ0v) is 6.66. The first kappa shape index (κ1) is 8.97. The largest absolute Gasteiger partial charge is 0.396 e. The van der Waals surface area contributed by atoms with Crippen molar-refractivity contribution < 1.29 is 15.3 Å². The van der Waals surface area contributed by atoms with Crippen LogP contribution in [0, 0.1) is 5.92 Å². The van der Waals surface area contributed by atoms with Crippen molar-refractivity contribution in [1.82, 2.24) is 0 Å². The molecule has 0 spiro atoms. The number of aliphatic hydroxyl groups excluding tert-OH is 1. The molecule has 0 radical (unpaired) electrons. The lowest BCUT2D eigenvalue weighted by atomic mass is 9.98. The van der Waals surface area contributed by atoms with Crippen molar-refractivity contribution in [2.24, 2.45) is 5.92 Å². The molecule has 1 unspecified atom stereocenters. The fourth-order valence-electron chi connectivity index (χ4n) is 1.66. The van der Waals surface area contributed by atoms with Crippen LogP contribution in [0.25, 0.3) is 0 Å². The minimum absolute atomic E-state index is 0.0723. The lowest BCUT2D eigenvalue weighted by molar-refractivity contribution is -0.176. The Morgan fingerprint density at radius 1 is 1.27 bits per heavy atom. The second-order valence-corrected chi connectivity index (χ2v) is 3.48. The molecule has 0 bridgehead atoms. The quantitative estimate of drug-likeness (QED) is 0.380. The molecule has 0 amide bonds. The van der Waals surface area contributed by atoms with Gasteiger partial charge in [-0.25, -0.2) is 0 Å². The number of hydrogen-bond donors (Lipinski definition) is 3. The highest BCUT2D eigenvalue weighted by molar-refractivity contribution is 4.74. The maximum Gasteiger partial charge on any atom is 0.162 e. The molecule has 0 aromatic carbocycles. The van der Waals surface area contributed by atoms with E-state index >= 15 is 0 Å². The molecular formula is C8H16O3. The van der Waals surface area contributed by atoms with Crippen molar-refractivity contribution in [2.75, 3.05) is 6.61 Å². The van der Waals surface area contributed by atoms with Crippen LogP contribution in [0.15, 0.2) is 0 Å². The Balaban J connectivity index is 2.47. The third-order valence-corrected chi connectivity index (χ3v) is 2.31. The van der Waals surface area contributed by atoms with Gasteiger partial charge in [-0.2, -0.15) is 0 Å². The molecule has 66 valence electrons. The van der Waals surface area contributed by atoms with Crippen molar-refractivity contribution in [2.45, 2.75) is 37.9 Å². The van der Waals surface area contributed by atoms with Crippen molar-refractivity contribution in [1.29, 1.82) is 0 Å². The molecule has 1 saturated carbocycles. The monoisotopic (exact) mass is 160 g/mol. The zero-order valence-electron chi connectivity index (χ0n) is 6.66. The van der Waals surface area contributed by atoms with Crippen LogP contribution in [0.1, 0.15) is 32.1 Å². The molecule has 0 heterocycles. The van der Waals surface area contributed by atoms with Crippen LogP contribution in [0.2, 0.25) is 0 Å². The van der Waals surface area contributed by atoms with Gasteiger partial charge in [0.05, 0.1) is 0 Å². The van der Waals surface area contributed by atoms with Gasteiger partial charge in [-0.1, -0.05) is 6.42 Å². The lowest BCUT2D eigenvalue weighted by Gasteiger charge is -2.22. The van der Waals surface area contributed by atoms with Gasteiger partial charge in [0.1, 0.15) is 0 Å². The molecule has 11 heavy (non-hydrogen) atoms. The highest BCUT2D eigenvalue weighted by Gasteiger charge is 2.29. The summed E-state index contributed by atoms with van der Waals surface area (Å²) in [6, 6.07) is 0. The summed E-state index contributed by atoms with van der Waals surface area (Å²) >= 11 is 0. The number of rotatable bonds is 1. The molecule has 3 heteroatoms. The van der Waals surface area contributed by atoms with Gasteiger partial charge in [0.2, 0.25) is 0 Å². The van der Waals surface area contributed by atoms with Crippen molar-refractivity contribution in [3.8, 4) is 0 Å². The van der Waals surface area contributed by atoms with Crippen molar-refractivity contribution in [3.63, 3.8) is 0 Å². The smallest absolute Gasteiger partial charge is 0.162 e. The highest BCUT2D eigenvalue weighted by Crippen LogP contribution is 2.28. The van der Waals surface area contributed by atoms with Gasteiger partial charge >= 0.3 is 0 Å². The van der Waals surface area contributed by atoms with E-state index in [1.807, 2.05) is 0 Å².